The molecular weight excluding hydrogens is 501 g/mol. The molecule has 8 heteroatoms. The number of aliphatic imine (C=N–C) groups is 1. The molecule has 0 saturated heterocycles. The second kappa shape index (κ2) is 14.0. The molecule has 0 radical (unpaired) electrons. The molecule has 0 spiro atoms. The molecule has 0 aliphatic carbocycles. The number of carbonyl (C=O) groups is 1. The summed E-state index contributed by atoms with van der Waals surface area (Å²) in [6, 6.07) is 19.4. The molecule has 2 amide bonds. The lowest BCUT2D eigenvalue weighted by atomic mass is 10.0. The van der Waals surface area contributed by atoms with E-state index >= 15 is 0 Å². The first-order chi connectivity index (χ1) is 18.3. The summed E-state index contributed by atoms with van der Waals surface area (Å²) in [6.07, 6.45) is 4.85. The van der Waals surface area contributed by atoms with Crippen LogP contribution >= 0.6 is 11.6 Å². The second-order valence-electron chi connectivity index (χ2n) is 8.65. The van der Waals surface area contributed by atoms with Crippen LogP contribution in [0.15, 0.2) is 95.5 Å². The van der Waals surface area contributed by atoms with Crippen LogP contribution in [0.5, 0.6) is 0 Å². The van der Waals surface area contributed by atoms with Crippen LogP contribution in [-0.4, -0.2) is 18.0 Å². The molecule has 1 atom stereocenters. The van der Waals surface area contributed by atoms with Crippen molar-refractivity contribution in [2.24, 2.45) is 4.99 Å². The number of fused-ring (bicyclic) bond motifs is 4. The summed E-state index contributed by atoms with van der Waals surface area (Å²) in [5.41, 5.74) is 4.56. The number of benzene rings is 3. The van der Waals surface area contributed by atoms with Crippen molar-refractivity contribution < 1.29 is 9.18 Å². The van der Waals surface area contributed by atoms with Gasteiger partial charge in [-0.3, -0.25) is 0 Å². The van der Waals surface area contributed by atoms with Gasteiger partial charge in [0.15, 0.2) is 0 Å². The van der Waals surface area contributed by atoms with Crippen LogP contribution in [0.2, 0.25) is 0 Å². The number of urea groups is 1. The number of rotatable bonds is 3. The fourth-order valence-corrected chi connectivity index (χ4v) is 3.92. The summed E-state index contributed by atoms with van der Waals surface area (Å²) in [5, 5.41) is 12.5. The van der Waals surface area contributed by atoms with Gasteiger partial charge in [-0.2, -0.15) is 0 Å². The van der Waals surface area contributed by atoms with Gasteiger partial charge in [0, 0.05) is 17.1 Å². The van der Waals surface area contributed by atoms with Crippen LogP contribution in [0.25, 0.3) is 0 Å². The van der Waals surface area contributed by atoms with Crippen LogP contribution < -0.4 is 21.3 Å². The first-order valence-corrected chi connectivity index (χ1v) is 12.7. The fraction of sp³-hybridized carbons (Fsp3) is 0.200. The van der Waals surface area contributed by atoms with Gasteiger partial charge in [0.25, 0.3) is 0 Å². The number of amides is 2. The minimum atomic E-state index is -0.540. The van der Waals surface area contributed by atoms with Gasteiger partial charge in [-0.05, 0) is 87.2 Å². The normalized spacial score (nSPS) is 16.3. The van der Waals surface area contributed by atoms with Crippen molar-refractivity contribution in [2.45, 2.75) is 39.8 Å². The van der Waals surface area contributed by atoms with Crippen LogP contribution in [0, 0.1) is 5.82 Å². The summed E-state index contributed by atoms with van der Waals surface area (Å²) in [6.45, 7) is 9.04. The number of hydrogen-bond donors (Lipinski definition) is 4. The monoisotopic (exact) mass is 533 g/mol. The van der Waals surface area contributed by atoms with Gasteiger partial charge >= 0.3 is 6.03 Å². The maximum Gasteiger partial charge on any atom is 0.323 e. The summed E-state index contributed by atoms with van der Waals surface area (Å²) < 4.78 is 14.0. The number of anilines is 4. The van der Waals surface area contributed by atoms with E-state index in [4.69, 9.17) is 16.6 Å². The van der Waals surface area contributed by atoms with E-state index in [9.17, 15) is 9.18 Å². The van der Waals surface area contributed by atoms with Crippen molar-refractivity contribution in [3.63, 3.8) is 0 Å². The topological polar surface area (TPSA) is 77.5 Å². The molecular formula is C30H33ClFN5O. The van der Waals surface area contributed by atoms with E-state index < -0.39 is 11.8 Å². The highest BCUT2D eigenvalue weighted by atomic mass is 35.5. The number of para-hydroxylation sites is 1. The number of amidine groups is 1. The van der Waals surface area contributed by atoms with Gasteiger partial charge in [0.2, 0.25) is 0 Å². The Hall–Kier alpha value is -4.10. The average molecular weight is 534 g/mol. The molecule has 0 aromatic heterocycles. The number of hydrogen-bond acceptors (Lipinski definition) is 4. The molecule has 1 unspecified atom stereocenters. The highest BCUT2D eigenvalue weighted by Gasteiger charge is 2.13. The van der Waals surface area contributed by atoms with Crippen LogP contribution in [0.4, 0.5) is 31.9 Å². The molecule has 6 nitrogen and oxygen atoms in total. The Morgan fingerprint density at radius 2 is 1.74 bits per heavy atom. The average Bonchev–Trinajstić information content (AvgIpc) is 2.88. The van der Waals surface area contributed by atoms with Crippen molar-refractivity contribution >= 4 is 46.2 Å². The minimum Gasteiger partial charge on any atom is -0.364 e. The third kappa shape index (κ3) is 8.49. The number of nitrogens with zero attached hydrogens (tertiary/aromatic N) is 1. The molecule has 0 saturated carbocycles. The van der Waals surface area contributed by atoms with Gasteiger partial charge in [0.05, 0.1) is 10.7 Å². The molecule has 4 N–H and O–H groups in total. The Kier molecular flexibility index (Phi) is 10.5. The van der Waals surface area contributed by atoms with E-state index in [1.54, 1.807) is 30.4 Å². The predicted molar refractivity (Wildman–Crippen MR) is 159 cm³/mol. The zero-order chi connectivity index (χ0) is 27.5. The lowest BCUT2D eigenvalue weighted by Gasteiger charge is -2.16. The molecule has 1 aliphatic heterocycles. The second-order valence-corrected chi connectivity index (χ2v) is 9.05. The number of nitrogens with one attached hydrogen (secondary N) is 4. The van der Waals surface area contributed by atoms with E-state index in [0.29, 0.717) is 16.6 Å². The molecule has 38 heavy (non-hydrogen) atoms. The number of aryl methyl sites for hydroxylation is 2. The summed E-state index contributed by atoms with van der Waals surface area (Å²) in [5.74, 6) is -0.000405. The number of allylic oxidation sites excluding steroid dienone is 2. The molecule has 198 valence electrons. The molecule has 4 bridgehead atoms. The first-order valence-electron chi connectivity index (χ1n) is 12.4. The standard InChI is InChI=1S/C27H27ClFN5O.C3H6/c1-3-23(28)26-31-17(2)30-20-8-6-7-18(13-20)11-12-19-14-21(32-26)16-22(15-19)33-27(35)34-25-10-5-4-9-24(25)29;1-3-2/h3-10,13-17,30H,11-12H2,1-2H3,(H,31,32)(H2,33,34,35);3H,1H2,2H3/b23-3+;. The van der Waals surface area contributed by atoms with Gasteiger partial charge in [-0.25, -0.2) is 14.2 Å². The lowest BCUT2D eigenvalue weighted by Crippen LogP contribution is -2.21. The Labute approximate surface area is 228 Å². The molecule has 1 aliphatic rings. The zero-order valence-electron chi connectivity index (χ0n) is 21.8. The van der Waals surface area contributed by atoms with Crippen LogP contribution in [0.1, 0.15) is 31.9 Å². The maximum atomic E-state index is 14.0. The van der Waals surface area contributed by atoms with Gasteiger partial charge in [0.1, 0.15) is 17.8 Å². The van der Waals surface area contributed by atoms with E-state index in [1.807, 2.05) is 45.0 Å². The molecule has 0 fully saturated rings. The van der Waals surface area contributed by atoms with Crippen LogP contribution in [0.3, 0.4) is 0 Å². The first kappa shape index (κ1) is 28.5. The van der Waals surface area contributed by atoms with E-state index in [0.717, 1.165) is 29.8 Å². The molecule has 3 aromatic rings. The van der Waals surface area contributed by atoms with E-state index in [-0.39, 0.29) is 11.9 Å². The highest BCUT2D eigenvalue weighted by molar-refractivity contribution is 6.45. The van der Waals surface area contributed by atoms with E-state index in [1.165, 1.54) is 17.7 Å². The van der Waals surface area contributed by atoms with Crippen LogP contribution in [-0.2, 0) is 12.8 Å². The minimum absolute atomic E-state index is 0.105. The third-order valence-electron chi connectivity index (χ3n) is 5.44. The summed E-state index contributed by atoms with van der Waals surface area (Å²) in [7, 11) is 0. The molecule has 4 rings (SSSR count). The fourth-order valence-electron chi connectivity index (χ4n) is 3.83. The quantitative estimate of drug-likeness (QED) is 0.256. The predicted octanol–water partition coefficient (Wildman–Crippen LogP) is 8.17. The third-order valence-corrected chi connectivity index (χ3v) is 5.84. The number of halogens is 2. The van der Waals surface area contributed by atoms with Gasteiger partial charge in [-0.15, -0.1) is 6.58 Å². The Morgan fingerprint density at radius 3 is 2.47 bits per heavy atom. The Morgan fingerprint density at radius 1 is 1.03 bits per heavy atom. The lowest BCUT2D eigenvalue weighted by molar-refractivity contribution is 0.262. The number of carbonyl (C=O) groups excluding carboxylic acids is 1. The Bertz CT molecular complexity index is 1340. The van der Waals surface area contributed by atoms with Crippen molar-refractivity contribution in [3.05, 3.63) is 107 Å². The SMILES string of the molecule is C/C=C(Cl)\C1=N/C(C)Nc2cccc(c2)CCc2cc(NC(=O)Nc3ccccc3F)cc(c2)N1.C=CC. The van der Waals surface area contributed by atoms with Crippen molar-refractivity contribution in [2.75, 3.05) is 21.3 Å². The largest absolute Gasteiger partial charge is 0.364 e. The molecule has 3 aromatic carbocycles. The molecule has 1 heterocycles. The zero-order valence-corrected chi connectivity index (χ0v) is 22.6. The van der Waals surface area contributed by atoms with E-state index in [2.05, 4.69) is 40.0 Å². The van der Waals surface area contributed by atoms with Crippen molar-refractivity contribution in [1.29, 1.82) is 0 Å². The highest BCUT2D eigenvalue weighted by Crippen LogP contribution is 2.24. The summed E-state index contributed by atoms with van der Waals surface area (Å²) in [4.78, 5) is 17.3. The Balaban J connectivity index is 0.00000127. The van der Waals surface area contributed by atoms with Crippen molar-refractivity contribution in [3.8, 4) is 0 Å². The van der Waals surface area contributed by atoms with Gasteiger partial charge in [-0.1, -0.05) is 48.0 Å². The summed E-state index contributed by atoms with van der Waals surface area (Å²) >= 11 is 6.47. The maximum absolute atomic E-state index is 14.0. The van der Waals surface area contributed by atoms with Gasteiger partial charge < -0.3 is 21.3 Å². The van der Waals surface area contributed by atoms with Crippen molar-refractivity contribution in [1.82, 2.24) is 0 Å². The smallest absolute Gasteiger partial charge is 0.323 e.